The average molecular weight is 381 g/mol. The Balaban J connectivity index is 2.19. The molecule has 2 rings (SSSR count). The highest BCUT2D eigenvalue weighted by molar-refractivity contribution is 8.01. The Bertz CT molecular complexity index is 653. The van der Waals surface area contributed by atoms with E-state index in [9.17, 15) is 9.59 Å². The maximum atomic E-state index is 12.6. The fourth-order valence-corrected chi connectivity index (χ4v) is 4.03. The SMILES string of the molecule is COc1ccc(OC)c([C@H]2S[C@H](C)C(=O)N2CC(=O)NCCN(C)C)c1. The first kappa shape index (κ1) is 20.4. The predicted molar refractivity (Wildman–Crippen MR) is 103 cm³/mol. The summed E-state index contributed by atoms with van der Waals surface area (Å²) in [4.78, 5) is 28.5. The van der Waals surface area contributed by atoms with E-state index < -0.39 is 0 Å². The van der Waals surface area contributed by atoms with Gasteiger partial charge in [-0.15, -0.1) is 11.8 Å². The molecule has 0 radical (unpaired) electrons. The van der Waals surface area contributed by atoms with Crippen LogP contribution in [0, 0.1) is 0 Å². The molecule has 1 aromatic carbocycles. The third-order valence-electron chi connectivity index (χ3n) is 4.15. The molecule has 0 aliphatic carbocycles. The van der Waals surface area contributed by atoms with Crippen molar-refractivity contribution in [3.63, 3.8) is 0 Å². The van der Waals surface area contributed by atoms with Crippen molar-refractivity contribution in [3.05, 3.63) is 23.8 Å². The lowest BCUT2D eigenvalue weighted by atomic mass is 10.1. The second kappa shape index (κ2) is 9.14. The van der Waals surface area contributed by atoms with E-state index in [2.05, 4.69) is 5.32 Å². The molecule has 0 bridgehead atoms. The summed E-state index contributed by atoms with van der Waals surface area (Å²) in [6, 6.07) is 5.49. The number of thioether (sulfide) groups is 1. The molecule has 0 aromatic heterocycles. The highest BCUT2D eigenvalue weighted by atomic mass is 32.2. The maximum absolute atomic E-state index is 12.6. The van der Waals surface area contributed by atoms with Crippen molar-refractivity contribution in [2.45, 2.75) is 17.5 Å². The first-order valence-corrected chi connectivity index (χ1v) is 9.41. The van der Waals surface area contributed by atoms with E-state index in [0.717, 1.165) is 12.1 Å². The van der Waals surface area contributed by atoms with Crippen molar-refractivity contribution >= 4 is 23.6 Å². The van der Waals surface area contributed by atoms with E-state index in [1.807, 2.05) is 44.1 Å². The number of hydrogen-bond acceptors (Lipinski definition) is 6. The highest BCUT2D eigenvalue weighted by Crippen LogP contribution is 2.46. The highest BCUT2D eigenvalue weighted by Gasteiger charge is 2.40. The van der Waals surface area contributed by atoms with Gasteiger partial charge in [-0.2, -0.15) is 0 Å². The molecule has 1 aromatic rings. The Morgan fingerprint density at radius 3 is 2.65 bits per heavy atom. The molecule has 7 nitrogen and oxygen atoms in total. The zero-order valence-corrected chi connectivity index (χ0v) is 16.8. The minimum absolute atomic E-state index is 0.0225. The van der Waals surface area contributed by atoms with Gasteiger partial charge in [-0.1, -0.05) is 0 Å². The molecule has 2 atom stereocenters. The second-order valence-corrected chi connectivity index (χ2v) is 7.78. The first-order valence-electron chi connectivity index (χ1n) is 8.46. The number of nitrogens with zero attached hydrogens (tertiary/aromatic N) is 2. The van der Waals surface area contributed by atoms with Crippen LogP contribution in [0.15, 0.2) is 18.2 Å². The minimum Gasteiger partial charge on any atom is -0.497 e. The monoisotopic (exact) mass is 381 g/mol. The molecule has 26 heavy (non-hydrogen) atoms. The van der Waals surface area contributed by atoms with Gasteiger partial charge in [0, 0.05) is 18.7 Å². The van der Waals surface area contributed by atoms with Gasteiger partial charge in [0.15, 0.2) is 0 Å². The molecule has 0 spiro atoms. The van der Waals surface area contributed by atoms with Crippen LogP contribution in [0.3, 0.4) is 0 Å². The van der Waals surface area contributed by atoms with Gasteiger partial charge < -0.3 is 24.6 Å². The largest absolute Gasteiger partial charge is 0.497 e. The summed E-state index contributed by atoms with van der Waals surface area (Å²) in [5.41, 5.74) is 0.829. The van der Waals surface area contributed by atoms with Gasteiger partial charge in [0.25, 0.3) is 0 Å². The van der Waals surface area contributed by atoms with Crippen LogP contribution in [0.25, 0.3) is 0 Å². The van der Waals surface area contributed by atoms with E-state index in [0.29, 0.717) is 18.0 Å². The van der Waals surface area contributed by atoms with Crippen LogP contribution in [0.5, 0.6) is 11.5 Å². The summed E-state index contributed by atoms with van der Waals surface area (Å²) in [6.45, 7) is 3.17. The number of hydrogen-bond donors (Lipinski definition) is 1. The van der Waals surface area contributed by atoms with E-state index in [1.54, 1.807) is 19.1 Å². The van der Waals surface area contributed by atoms with Crippen molar-refractivity contribution < 1.29 is 19.1 Å². The van der Waals surface area contributed by atoms with Crippen molar-refractivity contribution in [2.75, 3.05) is 47.9 Å². The van der Waals surface area contributed by atoms with Crippen LogP contribution in [-0.4, -0.2) is 74.8 Å². The number of methoxy groups -OCH3 is 2. The van der Waals surface area contributed by atoms with Gasteiger partial charge in [0.1, 0.15) is 23.4 Å². The predicted octanol–water partition coefficient (Wildman–Crippen LogP) is 1.34. The Morgan fingerprint density at radius 1 is 1.31 bits per heavy atom. The molecular formula is C18H27N3O4S. The minimum atomic E-state index is -0.290. The number of carbonyl (C=O) groups is 2. The van der Waals surface area contributed by atoms with Crippen LogP contribution in [0.2, 0.25) is 0 Å². The summed E-state index contributed by atoms with van der Waals surface area (Å²) in [7, 11) is 7.07. The molecule has 1 fully saturated rings. The topological polar surface area (TPSA) is 71.1 Å². The number of nitrogens with one attached hydrogen (secondary N) is 1. The van der Waals surface area contributed by atoms with E-state index in [-0.39, 0.29) is 29.0 Å². The van der Waals surface area contributed by atoms with Gasteiger partial charge in [0.2, 0.25) is 11.8 Å². The molecule has 0 saturated carbocycles. The number of rotatable bonds is 8. The quantitative estimate of drug-likeness (QED) is 0.733. The van der Waals surface area contributed by atoms with E-state index in [4.69, 9.17) is 9.47 Å². The standard InChI is InChI=1S/C18H27N3O4S/c1-12-17(23)21(11-16(22)19-8-9-20(2)3)18(26-12)14-10-13(24-4)6-7-15(14)25-5/h6-7,10,12,18H,8-9,11H2,1-5H3,(H,19,22)/t12-,18-/m1/s1. The van der Waals surface area contributed by atoms with Crippen molar-refractivity contribution in [3.8, 4) is 11.5 Å². The lowest BCUT2D eigenvalue weighted by molar-refractivity contribution is -0.135. The van der Waals surface area contributed by atoms with Gasteiger partial charge in [0.05, 0.1) is 19.5 Å². The summed E-state index contributed by atoms with van der Waals surface area (Å²) in [5.74, 6) is 1.14. The first-order chi connectivity index (χ1) is 12.4. The normalized spacial score (nSPS) is 19.8. The molecule has 1 aliphatic heterocycles. The Morgan fingerprint density at radius 2 is 2.04 bits per heavy atom. The summed E-state index contributed by atoms with van der Waals surface area (Å²) in [6.07, 6.45) is 0. The fourth-order valence-electron chi connectivity index (χ4n) is 2.74. The van der Waals surface area contributed by atoms with Crippen LogP contribution in [-0.2, 0) is 9.59 Å². The third-order valence-corrected chi connectivity index (χ3v) is 5.52. The van der Waals surface area contributed by atoms with Gasteiger partial charge >= 0.3 is 0 Å². The fraction of sp³-hybridized carbons (Fsp3) is 0.556. The number of ether oxygens (including phenoxy) is 2. The zero-order valence-electron chi connectivity index (χ0n) is 15.9. The number of carbonyl (C=O) groups excluding carboxylic acids is 2. The van der Waals surface area contributed by atoms with Gasteiger partial charge in [-0.3, -0.25) is 9.59 Å². The lowest BCUT2D eigenvalue weighted by Crippen LogP contribution is -2.41. The van der Waals surface area contributed by atoms with Crippen molar-refractivity contribution in [1.29, 1.82) is 0 Å². The average Bonchev–Trinajstić information content (AvgIpc) is 2.89. The van der Waals surface area contributed by atoms with E-state index in [1.165, 1.54) is 11.8 Å². The maximum Gasteiger partial charge on any atom is 0.239 e. The Kier molecular flexibility index (Phi) is 7.16. The number of amides is 2. The van der Waals surface area contributed by atoms with Crippen LogP contribution >= 0.6 is 11.8 Å². The molecule has 1 heterocycles. The Hall–Kier alpha value is -1.93. The lowest BCUT2D eigenvalue weighted by Gasteiger charge is -2.25. The second-order valence-electron chi connectivity index (χ2n) is 6.36. The van der Waals surface area contributed by atoms with Crippen molar-refractivity contribution in [2.24, 2.45) is 0 Å². The van der Waals surface area contributed by atoms with E-state index >= 15 is 0 Å². The summed E-state index contributed by atoms with van der Waals surface area (Å²) < 4.78 is 10.8. The van der Waals surface area contributed by atoms with Crippen LogP contribution < -0.4 is 14.8 Å². The molecule has 8 heteroatoms. The van der Waals surface area contributed by atoms with Crippen LogP contribution in [0.1, 0.15) is 17.9 Å². The summed E-state index contributed by atoms with van der Waals surface area (Å²) in [5, 5.41) is 2.35. The molecule has 1 N–H and O–H groups in total. The van der Waals surface area contributed by atoms with Crippen molar-refractivity contribution in [1.82, 2.24) is 15.1 Å². The molecule has 0 unspecified atom stereocenters. The molecule has 1 aliphatic rings. The molecule has 2 amide bonds. The molecule has 1 saturated heterocycles. The zero-order chi connectivity index (χ0) is 19.3. The summed E-state index contributed by atoms with van der Waals surface area (Å²) >= 11 is 1.51. The molecular weight excluding hydrogens is 354 g/mol. The number of benzene rings is 1. The smallest absolute Gasteiger partial charge is 0.239 e. The molecule has 144 valence electrons. The van der Waals surface area contributed by atoms with Gasteiger partial charge in [-0.05, 0) is 39.2 Å². The third kappa shape index (κ3) is 4.82. The van der Waals surface area contributed by atoms with Gasteiger partial charge in [-0.25, -0.2) is 0 Å². The number of likely N-dealkylation sites (N-methyl/N-ethyl adjacent to an activating group) is 1. The Labute approximate surface area is 159 Å². The van der Waals surface area contributed by atoms with Crippen LogP contribution in [0.4, 0.5) is 0 Å².